The van der Waals surface area contributed by atoms with E-state index in [2.05, 4.69) is 32.1 Å². The first-order valence-electron chi connectivity index (χ1n) is 9.74. The smallest absolute Gasteiger partial charge is 0.269 e. The van der Waals surface area contributed by atoms with Crippen molar-refractivity contribution in [2.75, 3.05) is 13.7 Å². The summed E-state index contributed by atoms with van der Waals surface area (Å²) in [4.78, 5) is 37.5. The Morgan fingerprint density at radius 1 is 0.935 bits per heavy atom. The number of carbonyl (C=O) groups excluding carboxylic acids is 3. The molecule has 166 valence electrons. The van der Waals surface area contributed by atoms with Crippen molar-refractivity contribution in [2.45, 2.75) is 26.8 Å². The molecule has 2 aromatic rings. The molecule has 0 aliphatic rings. The van der Waals surface area contributed by atoms with Crippen LogP contribution in [0.4, 0.5) is 0 Å². The molecule has 0 heterocycles. The molecule has 2 aromatic carbocycles. The van der Waals surface area contributed by atoms with Crippen LogP contribution in [0.1, 0.15) is 41.5 Å². The quantitative estimate of drug-likeness (QED) is 0.492. The van der Waals surface area contributed by atoms with Gasteiger partial charge in [-0.2, -0.15) is 0 Å². The highest BCUT2D eigenvalue weighted by Gasteiger charge is 2.25. The van der Waals surface area contributed by atoms with Gasteiger partial charge in [-0.3, -0.25) is 25.2 Å². The lowest BCUT2D eigenvalue weighted by Crippen LogP contribution is -2.54. The largest absolute Gasteiger partial charge is 0.493 e. The molecule has 1 atom stereocenters. The first-order chi connectivity index (χ1) is 14.8. The average Bonchev–Trinajstić information content (AvgIpc) is 2.76. The number of amides is 3. The first kappa shape index (κ1) is 24.2. The number of methoxy groups -OCH3 is 1. The van der Waals surface area contributed by atoms with Crippen LogP contribution < -0.4 is 25.6 Å². The Bertz CT molecular complexity index is 931. The van der Waals surface area contributed by atoms with Gasteiger partial charge in [0.2, 0.25) is 0 Å². The van der Waals surface area contributed by atoms with Crippen molar-refractivity contribution in [3.8, 4) is 11.5 Å². The molecule has 9 heteroatoms. The minimum atomic E-state index is -0.841. The number of hydrogen-bond donors (Lipinski definition) is 3. The van der Waals surface area contributed by atoms with Gasteiger partial charge in [0, 0.05) is 15.6 Å². The van der Waals surface area contributed by atoms with Crippen LogP contribution in [0.3, 0.4) is 0 Å². The summed E-state index contributed by atoms with van der Waals surface area (Å²) in [6.07, 6.45) is 0. The van der Waals surface area contributed by atoms with Crippen molar-refractivity contribution < 1.29 is 23.9 Å². The van der Waals surface area contributed by atoms with E-state index in [9.17, 15) is 14.4 Å². The molecule has 31 heavy (non-hydrogen) atoms. The van der Waals surface area contributed by atoms with Crippen molar-refractivity contribution >= 4 is 33.7 Å². The zero-order chi connectivity index (χ0) is 23.0. The van der Waals surface area contributed by atoms with Gasteiger partial charge in [-0.25, -0.2) is 0 Å². The average molecular weight is 492 g/mol. The Balaban J connectivity index is 2.02. The zero-order valence-electron chi connectivity index (χ0n) is 17.8. The predicted octanol–water partition coefficient (Wildman–Crippen LogP) is 3.07. The SMILES string of the molecule is CCOc1ccc(C(=O)NNC(=O)[C@H](NC(=O)c2ccc(Br)cc2)C(C)C)cc1OC. The van der Waals surface area contributed by atoms with Gasteiger partial charge >= 0.3 is 0 Å². The van der Waals surface area contributed by atoms with E-state index in [1.54, 1.807) is 50.2 Å². The summed E-state index contributed by atoms with van der Waals surface area (Å²) >= 11 is 3.31. The molecule has 0 saturated heterocycles. The Morgan fingerprint density at radius 2 is 1.58 bits per heavy atom. The molecule has 3 N–H and O–H groups in total. The van der Waals surface area contributed by atoms with E-state index >= 15 is 0 Å². The summed E-state index contributed by atoms with van der Waals surface area (Å²) in [5, 5.41) is 2.70. The number of nitrogens with one attached hydrogen (secondary N) is 3. The standard InChI is InChI=1S/C22H26BrN3O5/c1-5-31-17-11-8-15(12-18(17)30-4)21(28)25-26-22(29)19(13(2)3)24-20(27)14-6-9-16(23)10-7-14/h6-13,19H,5H2,1-4H3,(H,24,27)(H,25,28)(H,26,29)/t19-/m1/s1. The van der Waals surface area contributed by atoms with Crippen molar-refractivity contribution in [1.82, 2.24) is 16.2 Å². The number of rotatable bonds is 8. The lowest BCUT2D eigenvalue weighted by atomic mass is 10.0. The Kier molecular flexibility index (Phi) is 8.87. The van der Waals surface area contributed by atoms with Gasteiger partial charge in [0.15, 0.2) is 11.5 Å². The van der Waals surface area contributed by atoms with Gasteiger partial charge in [0.25, 0.3) is 17.7 Å². The van der Waals surface area contributed by atoms with E-state index in [1.807, 2.05) is 6.92 Å². The normalized spacial score (nSPS) is 11.4. The fourth-order valence-corrected chi connectivity index (χ4v) is 2.98. The summed E-state index contributed by atoms with van der Waals surface area (Å²) in [6.45, 7) is 5.90. The number of hydrazine groups is 1. The lowest BCUT2D eigenvalue weighted by Gasteiger charge is -2.22. The number of carbonyl (C=O) groups is 3. The molecule has 0 aliphatic carbocycles. The van der Waals surface area contributed by atoms with Crippen molar-refractivity contribution in [2.24, 2.45) is 5.92 Å². The molecule has 0 bridgehead atoms. The number of benzene rings is 2. The molecule has 8 nitrogen and oxygen atoms in total. The topological polar surface area (TPSA) is 106 Å². The van der Waals surface area contributed by atoms with Crippen LogP contribution in [0, 0.1) is 5.92 Å². The van der Waals surface area contributed by atoms with E-state index in [0.29, 0.717) is 23.7 Å². The summed E-state index contributed by atoms with van der Waals surface area (Å²) in [5.41, 5.74) is 5.44. The second-order valence-corrected chi connectivity index (χ2v) is 7.86. The Morgan fingerprint density at radius 3 is 2.16 bits per heavy atom. The Labute approximate surface area is 189 Å². The zero-order valence-corrected chi connectivity index (χ0v) is 19.4. The molecule has 0 saturated carbocycles. The Hall–Kier alpha value is -3.07. The summed E-state index contributed by atoms with van der Waals surface area (Å²) < 4.78 is 11.5. The third-order valence-electron chi connectivity index (χ3n) is 4.37. The van der Waals surface area contributed by atoms with Crippen molar-refractivity contribution in [1.29, 1.82) is 0 Å². The highest BCUT2D eigenvalue weighted by molar-refractivity contribution is 9.10. The van der Waals surface area contributed by atoms with E-state index in [0.717, 1.165) is 4.47 Å². The van der Waals surface area contributed by atoms with Gasteiger partial charge in [-0.05, 0) is 55.3 Å². The van der Waals surface area contributed by atoms with E-state index in [4.69, 9.17) is 9.47 Å². The molecule has 0 fully saturated rings. The maximum Gasteiger partial charge on any atom is 0.269 e. The van der Waals surface area contributed by atoms with Crippen LogP contribution in [0.25, 0.3) is 0 Å². The highest BCUT2D eigenvalue weighted by Crippen LogP contribution is 2.27. The number of halogens is 1. The fourth-order valence-electron chi connectivity index (χ4n) is 2.71. The molecule has 0 aliphatic heterocycles. The van der Waals surface area contributed by atoms with Crippen molar-refractivity contribution in [3.63, 3.8) is 0 Å². The van der Waals surface area contributed by atoms with Crippen molar-refractivity contribution in [3.05, 3.63) is 58.1 Å². The van der Waals surface area contributed by atoms with Crippen LogP contribution >= 0.6 is 15.9 Å². The van der Waals surface area contributed by atoms with E-state index in [1.165, 1.54) is 13.2 Å². The van der Waals surface area contributed by atoms with Gasteiger partial charge in [0.05, 0.1) is 13.7 Å². The second-order valence-electron chi connectivity index (χ2n) is 6.94. The van der Waals surface area contributed by atoms with Gasteiger partial charge in [-0.1, -0.05) is 29.8 Å². The van der Waals surface area contributed by atoms with Crippen LogP contribution in [0.2, 0.25) is 0 Å². The maximum atomic E-state index is 12.6. The molecular weight excluding hydrogens is 466 g/mol. The minimum Gasteiger partial charge on any atom is -0.493 e. The van der Waals surface area contributed by atoms with Crippen LogP contribution in [-0.2, 0) is 4.79 Å². The molecule has 2 rings (SSSR count). The minimum absolute atomic E-state index is 0.207. The molecule has 0 unspecified atom stereocenters. The van der Waals surface area contributed by atoms with Crippen LogP contribution in [-0.4, -0.2) is 37.5 Å². The third kappa shape index (κ3) is 6.71. The van der Waals surface area contributed by atoms with Gasteiger partial charge < -0.3 is 14.8 Å². The molecule has 0 aromatic heterocycles. The monoisotopic (exact) mass is 491 g/mol. The highest BCUT2D eigenvalue weighted by atomic mass is 79.9. The molecule has 3 amide bonds. The van der Waals surface area contributed by atoms with E-state index in [-0.39, 0.29) is 17.4 Å². The summed E-state index contributed by atoms with van der Waals surface area (Å²) in [5.74, 6) is -0.738. The van der Waals surface area contributed by atoms with E-state index < -0.39 is 17.9 Å². The fraction of sp³-hybridized carbons (Fsp3) is 0.318. The predicted molar refractivity (Wildman–Crippen MR) is 120 cm³/mol. The lowest BCUT2D eigenvalue weighted by molar-refractivity contribution is -0.124. The van der Waals surface area contributed by atoms with Crippen LogP contribution in [0.15, 0.2) is 46.9 Å². The molecular formula is C22H26BrN3O5. The van der Waals surface area contributed by atoms with Gasteiger partial charge in [0.1, 0.15) is 6.04 Å². The molecule has 0 spiro atoms. The van der Waals surface area contributed by atoms with Crippen LogP contribution in [0.5, 0.6) is 11.5 Å². The summed E-state index contributed by atoms with van der Waals surface area (Å²) in [7, 11) is 1.47. The maximum absolute atomic E-state index is 12.6. The summed E-state index contributed by atoms with van der Waals surface area (Å²) in [6, 6.07) is 10.6. The second kappa shape index (κ2) is 11.4. The molecule has 0 radical (unpaired) electrons. The number of ether oxygens (including phenoxy) is 2. The first-order valence-corrected chi connectivity index (χ1v) is 10.5. The van der Waals surface area contributed by atoms with Gasteiger partial charge in [-0.15, -0.1) is 0 Å². The number of hydrogen-bond acceptors (Lipinski definition) is 5. The third-order valence-corrected chi connectivity index (χ3v) is 4.90.